The highest BCUT2D eigenvalue weighted by atomic mass is 16.5. The molecule has 0 fully saturated rings. The number of ether oxygens (including phenoxy) is 2. The first-order valence-electron chi connectivity index (χ1n) is 8.02. The summed E-state index contributed by atoms with van der Waals surface area (Å²) in [6.45, 7) is 0.230. The van der Waals surface area contributed by atoms with Gasteiger partial charge in [-0.3, -0.25) is 4.79 Å². The van der Waals surface area contributed by atoms with Gasteiger partial charge in [0.1, 0.15) is 5.75 Å². The molecule has 2 atom stereocenters. The molecule has 0 saturated heterocycles. The van der Waals surface area contributed by atoms with Gasteiger partial charge in [-0.05, 0) is 17.0 Å². The number of hydrogen-bond donors (Lipinski definition) is 0. The van der Waals surface area contributed by atoms with Crippen LogP contribution in [0.5, 0.6) is 5.75 Å². The largest absolute Gasteiger partial charge is 0.479 e. The van der Waals surface area contributed by atoms with Crippen molar-refractivity contribution >= 4 is 23.3 Å². The number of rotatable bonds is 8. The van der Waals surface area contributed by atoms with Crippen LogP contribution >= 0.6 is 0 Å². The Balaban J connectivity index is 1.75. The fourth-order valence-electron chi connectivity index (χ4n) is 2.60. The van der Waals surface area contributed by atoms with Crippen LogP contribution in [-0.4, -0.2) is 24.8 Å². The van der Waals surface area contributed by atoms with Gasteiger partial charge in [-0.25, -0.2) is 0 Å². The van der Waals surface area contributed by atoms with Crippen LogP contribution < -0.4 is 4.74 Å². The van der Waals surface area contributed by atoms with Crippen LogP contribution in [0.25, 0.3) is 10.8 Å². The zero-order chi connectivity index (χ0) is 17.5. The standard InChI is InChI=1S/C21H18O4/c22-13-20(24-15-16-7-2-1-3-8-16)21(14-23)25-19-12-6-10-17-9-4-5-11-18(17)19/h1-14,20-21H,15H2. The fourth-order valence-corrected chi connectivity index (χ4v) is 2.60. The third-order valence-electron chi connectivity index (χ3n) is 3.89. The molecule has 25 heavy (non-hydrogen) atoms. The fraction of sp³-hybridized carbons (Fsp3) is 0.143. The van der Waals surface area contributed by atoms with Crippen molar-refractivity contribution in [2.75, 3.05) is 0 Å². The number of carbonyl (C=O) groups excluding carboxylic acids is 2. The molecule has 126 valence electrons. The van der Waals surface area contributed by atoms with Gasteiger partial charge in [0.15, 0.2) is 24.8 Å². The Morgan fingerprint density at radius 2 is 1.44 bits per heavy atom. The second kappa shape index (κ2) is 8.22. The van der Waals surface area contributed by atoms with Gasteiger partial charge in [0, 0.05) is 5.39 Å². The van der Waals surface area contributed by atoms with Crippen molar-refractivity contribution in [2.45, 2.75) is 18.8 Å². The van der Waals surface area contributed by atoms with Crippen LogP contribution in [-0.2, 0) is 20.9 Å². The number of aldehydes is 2. The maximum absolute atomic E-state index is 11.5. The predicted octanol–water partition coefficient (Wildman–Crippen LogP) is 3.57. The van der Waals surface area contributed by atoms with Crippen LogP contribution in [0.15, 0.2) is 72.8 Å². The summed E-state index contributed by atoms with van der Waals surface area (Å²) in [5.41, 5.74) is 0.921. The number of benzene rings is 3. The molecule has 0 aliphatic heterocycles. The minimum absolute atomic E-state index is 0.230. The lowest BCUT2D eigenvalue weighted by Gasteiger charge is -2.20. The van der Waals surface area contributed by atoms with E-state index in [4.69, 9.17) is 9.47 Å². The van der Waals surface area contributed by atoms with Crippen LogP contribution in [0.2, 0.25) is 0 Å². The van der Waals surface area contributed by atoms with Gasteiger partial charge in [0.05, 0.1) is 6.61 Å². The summed E-state index contributed by atoms with van der Waals surface area (Å²) in [6, 6.07) is 22.7. The van der Waals surface area contributed by atoms with Gasteiger partial charge < -0.3 is 14.3 Å². The van der Waals surface area contributed by atoms with E-state index in [1.165, 1.54) is 0 Å². The Hall–Kier alpha value is -2.98. The van der Waals surface area contributed by atoms with Gasteiger partial charge in [0.25, 0.3) is 0 Å². The third-order valence-corrected chi connectivity index (χ3v) is 3.89. The van der Waals surface area contributed by atoms with Gasteiger partial charge in [-0.15, -0.1) is 0 Å². The van der Waals surface area contributed by atoms with E-state index in [0.29, 0.717) is 18.3 Å². The van der Waals surface area contributed by atoms with E-state index in [0.717, 1.165) is 16.3 Å². The molecule has 0 N–H and O–H groups in total. The van der Waals surface area contributed by atoms with Gasteiger partial charge in [-0.1, -0.05) is 66.7 Å². The zero-order valence-corrected chi connectivity index (χ0v) is 13.6. The van der Waals surface area contributed by atoms with E-state index >= 15 is 0 Å². The molecular formula is C21H18O4. The normalized spacial score (nSPS) is 13.1. The Kier molecular flexibility index (Phi) is 5.54. The summed E-state index contributed by atoms with van der Waals surface area (Å²) in [6.07, 6.45) is -0.775. The Labute approximate surface area is 146 Å². The monoisotopic (exact) mass is 334 g/mol. The molecule has 0 amide bonds. The number of carbonyl (C=O) groups is 2. The van der Waals surface area contributed by atoms with Crippen molar-refractivity contribution in [1.82, 2.24) is 0 Å². The number of fused-ring (bicyclic) bond motifs is 1. The first-order valence-corrected chi connectivity index (χ1v) is 8.02. The summed E-state index contributed by atoms with van der Waals surface area (Å²) < 4.78 is 11.4. The summed E-state index contributed by atoms with van der Waals surface area (Å²) in [5, 5.41) is 1.88. The SMILES string of the molecule is O=CC(OCc1ccccc1)C(C=O)Oc1cccc2ccccc12. The summed E-state index contributed by atoms with van der Waals surface area (Å²) in [7, 11) is 0. The quantitative estimate of drug-likeness (QED) is 0.591. The molecule has 0 heterocycles. The molecule has 0 aliphatic carbocycles. The molecule has 0 saturated carbocycles. The first kappa shape index (κ1) is 16.9. The molecule has 3 rings (SSSR count). The summed E-state index contributed by atoms with van der Waals surface area (Å²) in [4.78, 5) is 22.9. The van der Waals surface area contributed by atoms with Gasteiger partial charge in [0.2, 0.25) is 0 Å². The van der Waals surface area contributed by atoms with Crippen molar-refractivity contribution in [1.29, 1.82) is 0 Å². The lowest BCUT2D eigenvalue weighted by Crippen LogP contribution is -2.36. The molecule has 3 aromatic rings. The Morgan fingerprint density at radius 1 is 0.760 bits per heavy atom. The predicted molar refractivity (Wildman–Crippen MR) is 95.5 cm³/mol. The minimum Gasteiger partial charge on any atom is -0.479 e. The van der Waals surface area contributed by atoms with E-state index in [2.05, 4.69) is 0 Å². The summed E-state index contributed by atoms with van der Waals surface area (Å²) >= 11 is 0. The molecular weight excluding hydrogens is 316 g/mol. The average molecular weight is 334 g/mol. The Bertz CT molecular complexity index is 839. The number of hydrogen-bond acceptors (Lipinski definition) is 4. The van der Waals surface area contributed by atoms with Crippen molar-refractivity contribution < 1.29 is 19.1 Å². The second-order valence-electron chi connectivity index (χ2n) is 5.59. The van der Waals surface area contributed by atoms with E-state index in [9.17, 15) is 9.59 Å². The van der Waals surface area contributed by atoms with Gasteiger partial charge >= 0.3 is 0 Å². The zero-order valence-electron chi connectivity index (χ0n) is 13.6. The third kappa shape index (κ3) is 4.11. The van der Waals surface area contributed by atoms with E-state index in [1.807, 2.05) is 66.7 Å². The summed E-state index contributed by atoms with van der Waals surface area (Å²) in [5.74, 6) is 0.547. The first-order chi connectivity index (χ1) is 12.3. The highest BCUT2D eigenvalue weighted by Crippen LogP contribution is 2.26. The van der Waals surface area contributed by atoms with Crippen LogP contribution in [0.4, 0.5) is 0 Å². The highest BCUT2D eigenvalue weighted by Gasteiger charge is 2.24. The molecule has 0 radical (unpaired) electrons. The van der Waals surface area contributed by atoms with Crippen LogP contribution in [0.1, 0.15) is 5.56 Å². The second-order valence-corrected chi connectivity index (χ2v) is 5.59. The molecule has 0 bridgehead atoms. The van der Waals surface area contributed by atoms with Crippen LogP contribution in [0, 0.1) is 0 Å². The maximum atomic E-state index is 11.5. The molecule has 3 aromatic carbocycles. The van der Waals surface area contributed by atoms with Crippen molar-refractivity contribution in [2.24, 2.45) is 0 Å². The smallest absolute Gasteiger partial charge is 0.186 e. The maximum Gasteiger partial charge on any atom is 0.186 e. The lowest BCUT2D eigenvalue weighted by molar-refractivity contribution is -0.133. The van der Waals surface area contributed by atoms with E-state index < -0.39 is 12.2 Å². The molecule has 0 aromatic heterocycles. The van der Waals surface area contributed by atoms with Crippen LogP contribution in [0.3, 0.4) is 0 Å². The van der Waals surface area contributed by atoms with E-state index in [1.54, 1.807) is 6.07 Å². The Morgan fingerprint density at radius 3 is 2.20 bits per heavy atom. The van der Waals surface area contributed by atoms with Gasteiger partial charge in [-0.2, -0.15) is 0 Å². The molecule has 4 nitrogen and oxygen atoms in total. The average Bonchev–Trinajstić information content (AvgIpc) is 2.68. The molecule has 2 unspecified atom stereocenters. The van der Waals surface area contributed by atoms with Crippen molar-refractivity contribution in [3.63, 3.8) is 0 Å². The topological polar surface area (TPSA) is 52.6 Å². The lowest BCUT2D eigenvalue weighted by atomic mass is 10.1. The molecule has 4 heteroatoms. The van der Waals surface area contributed by atoms with Crippen molar-refractivity contribution in [3.05, 3.63) is 78.4 Å². The molecule has 0 spiro atoms. The minimum atomic E-state index is -1.01. The highest BCUT2D eigenvalue weighted by molar-refractivity contribution is 5.88. The van der Waals surface area contributed by atoms with Crippen molar-refractivity contribution in [3.8, 4) is 5.75 Å². The molecule has 0 aliphatic rings. The van der Waals surface area contributed by atoms with E-state index in [-0.39, 0.29) is 6.61 Å².